The molecular weight excluding hydrogens is 247 g/mol. The predicted octanol–water partition coefficient (Wildman–Crippen LogP) is -0.234. The number of hydrogen-bond acceptors (Lipinski definition) is 2. The molecule has 5 nitrogen and oxygen atoms in total. The Morgan fingerprint density at radius 3 is 2.19 bits per heavy atom. The van der Waals surface area contributed by atoms with E-state index in [4.69, 9.17) is 5.41 Å². The van der Waals surface area contributed by atoms with Gasteiger partial charge in [-0.15, -0.1) is 0 Å². The molecule has 0 aliphatic heterocycles. The summed E-state index contributed by atoms with van der Waals surface area (Å²) in [5.41, 5.74) is -5.44. The summed E-state index contributed by atoms with van der Waals surface area (Å²) in [6.45, 7) is 0. The van der Waals surface area contributed by atoms with Gasteiger partial charge in [-0.05, 0) is 4.36 Å². The molecule has 0 spiro atoms. The summed E-state index contributed by atoms with van der Waals surface area (Å²) in [7, 11) is -5.57. The highest BCUT2D eigenvalue weighted by Gasteiger charge is 2.48. The van der Waals surface area contributed by atoms with E-state index in [1.807, 2.05) is 0 Å². The molecule has 16 heavy (non-hydrogen) atoms. The summed E-state index contributed by atoms with van der Waals surface area (Å²) in [6.07, 6.45) is 1.86. The molecule has 0 aliphatic carbocycles. The first-order chi connectivity index (χ1) is 7.26. The van der Waals surface area contributed by atoms with E-state index in [1.54, 1.807) is 5.87 Å². The van der Waals surface area contributed by atoms with Crippen molar-refractivity contribution < 1.29 is 26.0 Å². The highest BCUT2D eigenvalue weighted by molar-refractivity contribution is 7.90. The maximum absolute atomic E-state index is 11.9. The second kappa shape index (κ2) is 4.03. The number of pyridine rings is 1. The van der Waals surface area contributed by atoms with Crippen LogP contribution in [0.15, 0.2) is 29.0 Å². The minimum Gasteiger partial charge on any atom is -0.763 e. The van der Waals surface area contributed by atoms with Crippen LogP contribution in [0.3, 0.4) is 0 Å². The van der Waals surface area contributed by atoms with E-state index in [-0.39, 0.29) is 5.22 Å². The third kappa shape index (κ3) is 2.65. The lowest BCUT2D eigenvalue weighted by atomic mass is 10.4. The van der Waals surface area contributed by atoms with Gasteiger partial charge in [-0.3, -0.25) is 5.87 Å². The molecule has 0 aromatic carbocycles. The van der Waals surface area contributed by atoms with E-state index in [1.165, 1.54) is 0 Å². The fraction of sp³-hybridized carbons (Fsp3) is 0.143. The van der Waals surface area contributed by atoms with E-state index in [9.17, 15) is 21.6 Å². The number of hydrogen-bond donors (Lipinski definition) is 0. The number of rotatable bonds is 1. The van der Waals surface area contributed by atoms with Crippen LogP contribution < -0.4 is 9.58 Å². The Morgan fingerprint density at radius 1 is 1.31 bits per heavy atom. The first kappa shape index (κ1) is 12.3. The summed E-state index contributed by atoms with van der Waals surface area (Å²) in [5.74, 6) is 1.72. The third-order valence-electron chi connectivity index (χ3n) is 1.44. The van der Waals surface area contributed by atoms with Crippen LogP contribution >= 0.6 is 0 Å². The van der Waals surface area contributed by atoms with E-state index in [0.717, 1.165) is 24.5 Å². The molecular formula is C7H4F3N3O2S. The molecule has 0 amide bonds. The second-order valence-corrected chi connectivity index (χ2v) is 4.16. The van der Waals surface area contributed by atoms with Crippen molar-refractivity contribution in [2.24, 2.45) is 4.52 Å². The minimum absolute atomic E-state index is 0.177. The lowest BCUT2D eigenvalue weighted by Gasteiger charge is -1.97. The normalized spacial score (nSPS) is 11.9. The van der Waals surface area contributed by atoms with Crippen molar-refractivity contribution in [3.8, 4) is 0 Å². The zero-order chi connectivity index (χ0) is 12.4. The van der Waals surface area contributed by atoms with Gasteiger partial charge in [-0.1, -0.05) is 0 Å². The fourth-order valence-corrected chi connectivity index (χ4v) is 1.17. The number of nitrogens with zero attached hydrogens (tertiary/aromatic N) is 3. The summed E-state index contributed by atoms with van der Waals surface area (Å²) < 4.78 is 59.9. The molecule has 0 atom stereocenters. The number of sulfonamides is 1. The largest absolute Gasteiger partial charge is 0.763 e. The summed E-state index contributed by atoms with van der Waals surface area (Å²) in [6, 6.07) is 2.27. The zero-order valence-corrected chi connectivity index (χ0v) is 8.33. The highest BCUT2D eigenvalue weighted by atomic mass is 32.2. The van der Waals surface area contributed by atoms with Crippen molar-refractivity contribution in [1.29, 1.82) is 0 Å². The van der Waals surface area contributed by atoms with Gasteiger partial charge in [0, 0.05) is 17.4 Å². The van der Waals surface area contributed by atoms with Crippen LogP contribution in [-0.4, -0.2) is 19.8 Å². The number of alkyl halides is 3. The van der Waals surface area contributed by atoms with E-state index >= 15 is 0 Å². The van der Waals surface area contributed by atoms with E-state index in [0.29, 0.717) is 4.36 Å². The van der Waals surface area contributed by atoms with Gasteiger partial charge in [0.25, 0.3) is 0 Å². The fourth-order valence-electron chi connectivity index (χ4n) is 0.718. The molecule has 0 bridgehead atoms. The Labute approximate surface area is 87.7 Å². The van der Waals surface area contributed by atoms with Gasteiger partial charge in [0.15, 0.2) is 0 Å². The monoisotopic (exact) mass is 251 g/mol. The summed E-state index contributed by atoms with van der Waals surface area (Å²) in [5, 5.41) is 8.58. The summed E-state index contributed by atoms with van der Waals surface area (Å²) in [4.78, 5) is 0. The average molecular weight is 251 g/mol. The van der Waals surface area contributed by atoms with Crippen molar-refractivity contribution in [2.75, 3.05) is 0 Å². The molecule has 86 valence electrons. The van der Waals surface area contributed by atoms with Crippen molar-refractivity contribution in [2.45, 2.75) is 5.51 Å². The van der Waals surface area contributed by atoms with Crippen LogP contribution in [0.25, 0.3) is 5.41 Å². The zero-order valence-electron chi connectivity index (χ0n) is 7.51. The summed E-state index contributed by atoms with van der Waals surface area (Å²) >= 11 is 0. The quantitative estimate of drug-likeness (QED) is 0.510. The third-order valence-corrected chi connectivity index (χ3v) is 2.43. The van der Waals surface area contributed by atoms with Gasteiger partial charge in [0.2, 0.25) is 12.4 Å². The smallest absolute Gasteiger partial charge is 0.523 e. The Morgan fingerprint density at radius 2 is 1.81 bits per heavy atom. The second-order valence-electron chi connectivity index (χ2n) is 2.58. The van der Waals surface area contributed by atoms with Crippen molar-refractivity contribution in [3.63, 3.8) is 0 Å². The molecule has 0 aliphatic rings. The van der Waals surface area contributed by atoms with Crippen molar-refractivity contribution >= 4 is 15.9 Å². The minimum atomic E-state index is -5.57. The number of aromatic nitrogens is 1. The molecule has 0 saturated carbocycles. The molecule has 0 N–H and O–H groups in total. The van der Waals surface area contributed by atoms with Crippen LogP contribution in [-0.2, 0) is 10.0 Å². The SMILES string of the molecule is [N-]=C=c1cc[n+](=NS(=O)(=O)C(F)(F)F)cc1. The van der Waals surface area contributed by atoms with Crippen molar-refractivity contribution in [1.82, 2.24) is 0 Å². The lowest BCUT2D eigenvalue weighted by molar-refractivity contribution is -0.538. The van der Waals surface area contributed by atoms with Crippen LogP contribution in [0.4, 0.5) is 13.2 Å². The molecule has 1 heterocycles. The van der Waals surface area contributed by atoms with E-state index in [2.05, 4.69) is 4.52 Å². The van der Waals surface area contributed by atoms with Crippen LogP contribution in [0, 0.1) is 0 Å². The van der Waals surface area contributed by atoms with Crippen LogP contribution in [0.5, 0.6) is 0 Å². The van der Waals surface area contributed by atoms with Crippen LogP contribution in [0.1, 0.15) is 0 Å². The van der Waals surface area contributed by atoms with Gasteiger partial charge in [0.05, 0.1) is 0 Å². The molecule has 9 heteroatoms. The highest BCUT2D eigenvalue weighted by Crippen LogP contribution is 2.23. The Kier molecular flexibility index (Phi) is 3.11. The van der Waals surface area contributed by atoms with Gasteiger partial charge in [-0.25, -0.2) is 0 Å². The topological polar surface area (TPSA) is 74.7 Å². The first-order valence-corrected chi connectivity index (χ1v) is 5.16. The molecule has 1 aromatic heterocycles. The standard InChI is InChI=1S/C7H4F3N3O2S/c8-7(9,10)16(14,15)12-13-3-1-6(5-11)2-4-13/h1-4H. The number of halogens is 3. The lowest BCUT2D eigenvalue weighted by Crippen LogP contribution is -2.28. The van der Waals surface area contributed by atoms with Gasteiger partial charge in [0.1, 0.15) is 4.52 Å². The molecule has 0 unspecified atom stereocenters. The molecule has 1 rings (SSSR count). The van der Waals surface area contributed by atoms with Gasteiger partial charge < -0.3 is 5.41 Å². The molecule has 0 radical (unpaired) electrons. The van der Waals surface area contributed by atoms with Crippen LogP contribution in [0.2, 0.25) is 0 Å². The first-order valence-electron chi connectivity index (χ1n) is 3.72. The molecule has 1 aromatic rings. The maximum Gasteiger partial charge on any atom is 0.523 e. The maximum atomic E-state index is 11.9. The van der Waals surface area contributed by atoms with Gasteiger partial charge >= 0.3 is 15.5 Å². The Bertz CT molecular complexity index is 608. The van der Waals surface area contributed by atoms with E-state index < -0.39 is 15.5 Å². The van der Waals surface area contributed by atoms with Gasteiger partial charge in [-0.2, -0.15) is 21.6 Å². The average Bonchev–Trinajstić information content (AvgIpc) is 2.16. The Hall–Kier alpha value is -1.73. The molecule has 0 fully saturated rings. The predicted molar refractivity (Wildman–Crippen MR) is 46.5 cm³/mol. The van der Waals surface area contributed by atoms with Crippen molar-refractivity contribution in [3.05, 3.63) is 35.2 Å². The Balaban J connectivity index is 3.35. The molecule has 0 saturated heterocycles.